The van der Waals surface area contributed by atoms with Crippen LogP contribution < -0.4 is 11.5 Å². The minimum absolute atomic E-state index is 0.0202. The van der Waals surface area contributed by atoms with Crippen molar-refractivity contribution in [2.45, 2.75) is 44.7 Å². The van der Waals surface area contributed by atoms with Gasteiger partial charge in [-0.3, -0.25) is 0 Å². The van der Waals surface area contributed by atoms with Crippen LogP contribution in [0, 0.1) is 0 Å². The third-order valence-electron chi connectivity index (χ3n) is 3.24. The van der Waals surface area contributed by atoms with Crippen LogP contribution in [0.4, 0.5) is 0 Å². The van der Waals surface area contributed by atoms with Gasteiger partial charge in [-0.1, -0.05) is 0 Å². The highest BCUT2D eigenvalue weighted by atomic mass is 15.2. The van der Waals surface area contributed by atoms with Crippen LogP contribution in [0.25, 0.3) is 0 Å². The van der Waals surface area contributed by atoms with Gasteiger partial charge in [0.2, 0.25) is 0 Å². The molecule has 0 aliphatic heterocycles. The molecule has 1 atom stereocenters. The van der Waals surface area contributed by atoms with Gasteiger partial charge in [-0.05, 0) is 54.3 Å². The Hall–Kier alpha value is -0.120. The van der Waals surface area contributed by atoms with Crippen molar-refractivity contribution < 1.29 is 0 Å². The Balaban J connectivity index is 4.54. The average Bonchev–Trinajstić information content (AvgIpc) is 1.97. The van der Waals surface area contributed by atoms with Gasteiger partial charge < -0.3 is 16.4 Å². The molecule has 3 heteroatoms. The molecule has 0 fully saturated rings. The second kappa shape index (κ2) is 4.40. The summed E-state index contributed by atoms with van der Waals surface area (Å²) >= 11 is 0. The van der Waals surface area contributed by atoms with Gasteiger partial charge in [-0.2, -0.15) is 0 Å². The number of hydrogen-bond donors (Lipinski definition) is 2. The van der Waals surface area contributed by atoms with E-state index >= 15 is 0 Å². The fraction of sp³-hybridized carbons (Fsp3) is 1.00. The van der Waals surface area contributed by atoms with Crippen molar-refractivity contribution in [2.75, 3.05) is 20.6 Å². The zero-order chi connectivity index (χ0) is 10.7. The monoisotopic (exact) mass is 187 g/mol. The molecule has 0 rings (SSSR count). The van der Waals surface area contributed by atoms with Crippen molar-refractivity contribution in [1.29, 1.82) is 0 Å². The molecule has 0 aromatic rings. The summed E-state index contributed by atoms with van der Waals surface area (Å²) in [6.45, 7) is 7.08. The fourth-order valence-electron chi connectivity index (χ4n) is 1.57. The molecule has 80 valence electrons. The van der Waals surface area contributed by atoms with E-state index < -0.39 is 0 Å². The van der Waals surface area contributed by atoms with Crippen molar-refractivity contribution >= 4 is 0 Å². The highest BCUT2D eigenvalue weighted by Gasteiger charge is 2.39. The van der Waals surface area contributed by atoms with E-state index in [2.05, 4.69) is 39.8 Å². The Bertz CT molecular complexity index is 149. The van der Waals surface area contributed by atoms with Gasteiger partial charge in [-0.15, -0.1) is 0 Å². The first kappa shape index (κ1) is 12.9. The summed E-state index contributed by atoms with van der Waals surface area (Å²) in [5, 5.41) is 0. The molecule has 0 radical (unpaired) electrons. The standard InChI is InChI=1S/C10H25N3/c1-9(2,12)10(3,13(4)5)7-6-8-11/h6-8,11-12H2,1-5H3. The number of nitrogens with two attached hydrogens (primary N) is 2. The maximum atomic E-state index is 6.17. The lowest BCUT2D eigenvalue weighted by Gasteiger charge is -2.47. The van der Waals surface area contributed by atoms with Gasteiger partial charge >= 0.3 is 0 Å². The Morgan fingerprint density at radius 3 is 1.85 bits per heavy atom. The molecule has 4 N–H and O–H groups in total. The normalized spacial score (nSPS) is 17.5. The molecule has 0 heterocycles. The van der Waals surface area contributed by atoms with Gasteiger partial charge in [0.15, 0.2) is 0 Å². The molecular weight excluding hydrogens is 162 g/mol. The maximum Gasteiger partial charge on any atom is 0.0349 e. The molecule has 0 saturated carbocycles. The van der Waals surface area contributed by atoms with E-state index in [4.69, 9.17) is 11.5 Å². The highest BCUT2D eigenvalue weighted by Crippen LogP contribution is 2.28. The fourth-order valence-corrected chi connectivity index (χ4v) is 1.57. The Labute approximate surface area is 82.5 Å². The van der Waals surface area contributed by atoms with Crippen LogP contribution in [-0.4, -0.2) is 36.6 Å². The van der Waals surface area contributed by atoms with Crippen LogP contribution in [-0.2, 0) is 0 Å². The molecule has 0 aromatic heterocycles. The molecular formula is C10H25N3. The second-order valence-corrected chi connectivity index (χ2v) is 4.78. The van der Waals surface area contributed by atoms with Crippen molar-refractivity contribution in [1.82, 2.24) is 4.90 Å². The second-order valence-electron chi connectivity index (χ2n) is 4.78. The Kier molecular flexibility index (Phi) is 4.36. The number of likely N-dealkylation sites (N-methyl/N-ethyl adjacent to an activating group) is 1. The van der Waals surface area contributed by atoms with Crippen LogP contribution in [0.3, 0.4) is 0 Å². The molecule has 0 saturated heterocycles. The largest absolute Gasteiger partial charge is 0.330 e. The maximum absolute atomic E-state index is 6.17. The molecule has 0 aliphatic carbocycles. The van der Waals surface area contributed by atoms with Gasteiger partial charge in [0.25, 0.3) is 0 Å². The summed E-state index contributed by atoms with van der Waals surface area (Å²) in [7, 11) is 4.15. The minimum Gasteiger partial charge on any atom is -0.330 e. The smallest absolute Gasteiger partial charge is 0.0349 e. The van der Waals surface area contributed by atoms with Gasteiger partial charge in [0, 0.05) is 11.1 Å². The van der Waals surface area contributed by atoms with E-state index in [1.54, 1.807) is 0 Å². The van der Waals surface area contributed by atoms with E-state index in [0.717, 1.165) is 19.4 Å². The molecule has 13 heavy (non-hydrogen) atoms. The Morgan fingerprint density at radius 2 is 1.62 bits per heavy atom. The summed E-state index contributed by atoms with van der Waals surface area (Å²) in [6.07, 6.45) is 2.06. The van der Waals surface area contributed by atoms with E-state index in [9.17, 15) is 0 Å². The van der Waals surface area contributed by atoms with Crippen LogP contribution >= 0.6 is 0 Å². The summed E-state index contributed by atoms with van der Waals surface area (Å²) in [5.41, 5.74) is 11.5. The molecule has 1 unspecified atom stereocenters. The van der Waals surface area contributed by atoms with Gasteiger partial charge in [0.05, 0.1) is 0 Å². The van der Waals surface area contributed by atoms with Gasteiger partial charge in [0.1, 0.15) is 0 Å². The number of rotatable bonds is 5. The molecule has 0 amide bonds. The Morgan fingerprint density at radius 1 is 1.15 bits per heavy atom. The average molecular weight is 187 g/mol. The number of hydrogen-bond acceptors (Lipinski definition) is 3. The van der Waals surface area contributed by atoms with E-state index in [1.165, 1.54) is 0 Å². The number of nitrogens with zero attached hydrogens (tertiary/aromatic N) is 1. The van der Waals surface area contributed by atoms with Crippen molar-refractivity contribution in [3.8, 4) is 0 Å². The molecule has 3 nitrogen and oxygen atoms in total. The van der Waals surface area contributed by atoms with Crippen molar-refractivity contribution in [3.05, 3.63) is 0 Å². The first-order valence-corrected chi connectivity index (χ1v) is 4.92. The van der Waals surface area contributed by atoms with Crippen LogP contribution in [0.15, 0.2) is 0 Å². The summed E-state index contributed by atoms with van der Waals surface area (Å²) in [5.74, 6) is 0. The molecule has 0 aliphatic rings. The predicted octanol–water partition coefficient (Wildman–Crippen LogP) is 0.783. The van der Waals surface area contributed by atoms with E-state index in [1.807, 2.05) is 0 Å². The molecule has 0 aromatic carbocycles. The zero-order valence-electron chi connectivity index (χ0n) is 9.72. The highest BCUT2D eigenvalue weighted by molar-refractivity contribution is 5.00. The van der Waals surface area contributed by atoms with E-state index in [-0.39, 0.29) is 11.1 Å². The zero-order valence-corrected chi connectivity index (χ0v) is 9.72. The van der Waals surface area contributed by atoms with Crippen LogP contribution in [0.2, 0.25) is 0 Å². The molecule has 0 spiro atoms. The van der Waals surface area contributed by atoms with Crippen LogP contribution in [0.5, 0.6) is 0 Å². The summed E-state index contributed by atoms with van der Waals surface area (Å²) in [6, 6.07) is 0. The molecule has 0 bridgehead atoms. The quantitative estimate of drug-likeness (QED) is 0.669. The lowest BCUT2D eigenvalue weighted by atomic mass is 9.77. The van der Waals surface area contributed by atoms with E-state index in [0.29, 0.717) is 0 Å². The first-order chi connectivity index (χ1) is 5.75. The van der Waals surface area contributed by atoms with Crippen molar-refractivity contribution in [2.24, 2.45) is 11.5 Å². The summed E-state index contributed by atoms with van der Waals surface area (Å²) in [4.78, 5) is 2.20. The third-order valence-corrected chi connectivity index (χ3v) is 3.24. The lowest BCUT2D eigenvalue weighted by molar-refractivity contribution is 0.0801. The first-order valence-electron chi connectivity index (χ1n) is 4.92. The lowest BCUT2D eigenvalue weighted by Crippen LogP contribution is -2.62. The topological polar surface area (TPSA) is 55.3 Å². The minimum atomic E-state index is -0.203. The van der Waals surface area contributed by atoms with Gasteiger partial charge in [-0.25, -0.2) is 0 Å². The SMILES string of the molecule is CN(C)C(C)(CCCN)C(C)(C)N. The third kappa shape index (κ3) is 2.93. The van der Waals surface area contributed by atoms with Crippen molar-refractivity contribution in [3.63, 3.8) is 0 Å². The summed E-state index contributed by atoms with van der Waals surface area (Å²) < 4.78 is 0. The van der Waals surface area contributed by atoms with Crippen LogP contribution in [0.1, 0.15) is 33.6 Å². The predicted molar refractivity (Wildman–Crippen MR) is 58.6 cm³/mol.